The number of hydrogen-bond donors (Lipinski definition) is 0. The number of nitrogens with zero attached hydrogens (tertiary/aromatic N) is 5. The highest BCUT2D eigenvalue weighted by atomic mass is 16.5. The minimum atomic E-state index is -0.0972. The fourth-order valence-electron chi connectivity index (χ4n) is 9.32. The van der Waals surface area contributed by atoms with Crippen molar-refractivity contribution >= 4 is 45.5 Å². The summed E-state index contributed by atoms with van der Waals surface area (Å²) in [6.45, 7) is 24.2. The molecule has 0 saturated carbocycles. The number of pyridine rings is 1. The predicted octanol–water partition coefficient (Wildman–Crippen LogP) is 10.8. The molecule has 6 nitrogen and oxygen atoms in total. The van der Waals surface area contributed by atoms with E-state index < -0.39 is 0 Å². The van der Waals surface area contributed by atoms with Gasteiger partial charge in [0.1, 0.15) is 23.0 Å². The highest BCUT2D eigenvalue weighted by molar-refractivity contribution is 6.77. The largest absolute Gasteiger partial charge is 0.457 e. The molecule has 2 aliphatic rings. The van der Waals surface area contributed by atoms with Crippen molar-refractivity contribution in [2.45, 2.75) is 91.9 Å². The summed E-state index contributed by atoms with van der Waals surface area (Å²) in [6.07, 6.45) is 6.20. The Bertz CT molecular complexity index is 2560. The van der Waals surface area contributed by atoms with E-state index in [-0.39, 0.29) is 17.8 Å². The molecule has 2 aliphatic heterocycles. The van der Waals surface area contributed by atoms with Crippen LogP contribution in [0.1, 0.15) is 103 Å². The number of imidazole rings is 2. The predicted molar refractivity (Wildman–Crippen MR) is 222 cm³/mol. The molecule has 53 heavy (non-hydrogen) atoms. The average molecular weight is 700 g/mol. The van der Waals surface area contributed by atoms with Crippen molar-refractivity contribution in [1.82, 2.24) is 18.8 Å². The molecular weight excluding hydrogens is 649 g/mol. The molecule has 0 amide bonds. The van der Waals surface area contributed by atoms with E-state index in [0.29, 0.717) is 17.8 Å². The number of anilines is 1. The first kappa shape index (κ1) is 33.8. The van der Waals surface area contributed by atoms with Gasteiger partial charge in [-0.1, -0.05) is 106 Å². The van der Waals surface area contributed by atoms with Gasteiger partial charge >= 0.3 is 6.98 Å². The number of ether oxygens (including phenoxy) is 1. The highest BCUT2D eigenvalue weighted by Gasteiger charge is 2.46. The third-order valence-electron chi connectivity index (χ3n) is 12.6. The van der Waals surface area contributed by atoms with Crippen molar-refractivity contribution in [3.05, 3.63) is 114 Å². The molecule has 0 unspecified atom stereocenters. The second-order valence-electron chi connectivity index (χ2n) is 17.5. The fourth-order valence-corrected chi connectivity index (χ4v) is 9.32. The first-order chi connectivity index (χ1) is 25.3. The van der Waals surface area contributed by atoms with Gasteiger partial charge in [-0.2, -0.15) is 0 Å². The lowest BCUT2D eigenvalue weighted by Gasteiger charge is -2.45. The average Bonchev–Trinajstić information content (AvgIpc) is 3.80. The van der Waals surface area contributed by atoms with E-state index in [0.717, 1.165) is 40.5 Å². The molecular formula is C46H50BN5O. The normalized spacial score (nSPS) is 15.8. The summed E-state index contributed by atoms with van der Waals surface area (Å²) < 4.78 is 11.6. The Hall–Kier alpha value is -5.04. The Morgan fingerprint density at radius 2 is 1.43 bits per heavy atom. The van der Waals surface area contributed by atoms with Crippen molar-refractivity contribution in [3.8, 4) is 22.9 Å². The molecule has 3 aromatic heterocycles. The summed E-state index contributed by atoms with van der Waals surface area (Å²) in [7, 11) is 0. The van der Waals surface area contributed by atoms with E-state index in [4.69, 9.17) is 14.7 Å². The Kier molecular flexibility index (Phi) is 7.48. The highest BCUT2D eigenvalue weighted by Crippen LogP contribution is 2.51. The second-order valence-corrected chi connectivity index (χ2v) is 17.5. The summed E-state index contributed by atoms with van der Waals surface area (Å²) in [5.74, 6) is 3.80. The molecule has 7 aromatic rings. The van der Waals surface area contributed by atoms with Crippen LogP contribution < -0.4 is 15.0 Å². The Balaban J connectivity index is 1.17. The van der Waals surface area contributed by atoms with Gasteiger partial charge in [0.05, 0.1) is 5.52 Å². The smallest absolute Gasteiger partial charge is 0.417 e. The lowest BCUT2D eigenvalue weighted by atomic mass is 9.57. The zero-order chi connectivity index (χ0) is 37.1. The van der Waals surface area contributed by atoms with Crippen LogP contribution in [0.4, 0.5) is 5.69 Å². The van der Waals surface area contributed by atoms with Crippen LogP contribution in [-0.2, 0) is 10.8 Å². The standard InChI is InChI=1S/C46H50BN5O/c1-27(2)26-51-39-20-18-31(24-37(39)43-48-21-22-50(43)47(51)41-32(28(3)4)13-11-14-33(41)29(5)6)53-30-17-19-34-35-15-12-16-38-42(35)52-40(46(9,10)45(38,7)8)25-49-44(52)36(34)23-30/h11-25,27-29H,26H2,1-10H3. The van der Waals surface area contributed by atoms with Gasteiger partial charge in [-0.3, -0.25) is 4.40 Å². The van der Waals surface area contributed by atoms with Crippen LogP contribution in [0, 0.1) is 5.92 Å². The van der Waals surface area contributed by atoms with Crippen LogP contribution in [-0.4, -0.2) is 32.4 Å². The Morgan fingerprint density at radius 1 is 0.736 bits per heavy atom. The van der Waals surface area contributed by atoms with Gasteiger partial charge in [-0.15, -0.1) is 0 Å². The quantitative estimate of drug-likeness (QED) is 0.123. The summed E-state index contributed by atoms with van der Waals surface area (Å²) in [5, 5.41) is 3.54. The number of aromatic nitrogens is 4. The van der Waals surface area contributed by atoms with Gasteiger partial charge in [0.15, 0.2) is 0 Å². The van der Waals surface area contributed by atoms with Gasteiger partial charge in [0, 0.05) is 63.7 Å². The number of benzene rings is 4. The molecule has 0 bridgehead atoms. The molecule has 0 atom stereocenters. The summed E-state index contributed by atoms with van der Waals surface area (Å²) in [6, 6.07) is 26.7. The third-order valence-corrected chi connectivity index (χ3v) is 12.6. The number of hydrogen-bond acceptors (Lipinski definition) is 4. The van der Waals surface area contributed by atoms with Crippen molar-refractivity contribution < 1.29 is 4.74 Å². The topological polar surface area (TPSA) is 47.6 Å². The maximum atomic E-state index is 6.76. The maximum Gasteiger partial charge on any atom is 0.417 e. The molecule has 268 valence electrons. The van der Waals surface area contributed by atoms with Crippen LogP contribution in [0.2, 0.25) is 0 Å². The molecule has 9 rings (SSSR count). The SMILES string of the molecule is CC(C)CN1B(c2c(C(C)C)cccc2C(C)C)n2ccnc2-c2cc(Oc3ccc4c(c3)c3ncc5n3c3c(cccc43)C(C)(C)C5(C)C)ccc21. The minimum absolute atomic E-state index is 0.00485. The lowest BCUT2D eigenvalue weighted by Crippen LogP contribution is -2.59. The van der Waals surface area contributed by atoms with E-state index in [9.17, 15) is 0 Å². The zero-order valence-corrected chi connectivity index (χ0v) is 32.8. The van der Waals surface area contributed by atoms with Crippen molar-refractivity contribution in [2.24, 2.45) is 5.92 Å². The first-order valence-electron chi connectivity index (χ1n) is 19.4. The Morgan fingerprint density at radius 3 is 2.15 bits per heavy atom. The molecule has 0 saturated heterocycles. The van der Waals surface area contributed by atoms with E-state index >= 15 is 0 Å². The fraction of sp³-hybridized carbons (Fsp3) is 0.348. The Labute approximate surface area is 314 Å². The van der Waals surface area contributed by atoms with Crippen molar-refractivity contribution in [2.75, 3.05) is 11.4 Å². The van der Waals surface area contributed by atoms with Gasteiger partial charge < -0.3 is 14.0 Å². The minimum Gasteiger partial charge on any atom is -0.457 e. The monoisotopic (exact) mass is 699 g/mol. The molecule has 4 aromatic carbocycles. The van der Waals surface area contributed by atoms with E-state index in [1.54, 1.807) is 0 Å². The van der Waals surface area contributed by atoms with Crippen LogP contribution in [0.25, 0.3) is 38.7 Å². The molecule has 0 fully saturated rings. The summed E-state index contributed by atoms with van der Waals surface area (Å²) in [4.78, 5) is 12.7. The molecule has 5 heterocycles. The van der Waals surface area contributed by atoms with Crippen LogP contribution in [0.5, 0.6) is 11.5 Å². The molecule has 0 aliphatic carbocycles. The maximum absolute atomic E-state index is 6.76. The number of fused-ring (bicyclic) bond motifs is 6. The number of para-hydroxylation sites is 1. The molecule has 7 heteroatoms. The van der Waals surface area contributed by atoms with Gasteiger partial charge in [-0.05, 0) is 81.7 Å². The van der Waals surface area contributed by atoms with E-state index in [1.165, 1.54) is 49.8 Å². The van der Waals surface area contributed by atoms with Gasteiger partial charge in [-0.25, -0.2) is 9.97 Å². The van der Waals surface area contributed by atoms with E-state index in [2.05, 4.69) is 168 Å². The van der Waals surface area contributed by atoms with E-state index in [1.807, 2.05) is 6.20 Å². The van der Waals surface area contributed by atoms with Crippen molar-refractivity contribution in [1.29, 1.82) is 0 Å². The van der Waals surface area contributed by atoms with Crippen molar-refractivity contribution in [3.63, 3.8) is 0 Å². The molecule has 0 N–H and O–H groups in total. The summed E-state index contributed by atoms with van der Waals surface area (Å²) in [5.41, 5.74) is 11.2. The van der Waals surface area contributed by atoms with Gasteiger partial charge in [0.2, 0.25) is 0 Å². The lowest BCUT2D eigenvalue weighted by molar-refractivity contribution is 0.288. The summed E-state index contributed by atoms with van der Waals surface area (Å²) >= 11 is 0. The van der Waals surface area contributed by atoms with Gasteiger partial charge in [0.25, 0.3) is 0 Å². The van der Waals surface area contributed by atoms with Crippen LogP contribution >= 0.6 is 0 Å². The second kappa shape index (κ2) is 11.7. The third kappa shape index (κ3) is 4.78. The van der Waals surface area contributed by atoms with Crippen LogP contribution in [0.15, 0.2) is 91.4 Å². The molecule has 0 radical (unpaired) electrons. The number of rotatable bonds is 7. The zero-order valence-electron chi connectivity index (χ0n) is 32.8. The van der Waals surface area contributed by atoms with Crippen LogP contribution in [0.3, 0.4) is 0 Å². The molecule has 0 spiro atoms. The first-order valence-corrected chi connectivity index (χ1v) is 19.4.